The van der Waals surface area contributed by atoms with E-state index in [4.69, 9.17) is 27.9 Å². The van der Waals surface area contributed by atoms with Crippen LogP contribution in [0.3, 0.4) is 0 Å². The van der Waals surface area contributed by atoms with Crippen LogP contribution in [0.4, 0.5) is 4.39 Å². The molecule has 0 N–H and O–H groups in total. The zero-order chi connectivity index (χ0) is 22.3. The third-order valence-corrected chi connectivity index (χ3v) is 6.07. The summed E-state index contributed by atoms with van der Waals surface area (Å²) in [5.41, 5.74) is 4.80. The highest BCUT2D eigenvalue weighted by Gasteiger charge is 2.23. The van der Waals surface area contributed by atoms with E-state index >= 15 is 0 Å². The van der Waals surface area contributed by atoms with E-state index in [1.54, 1.807) is 13.0 Å². The third-order valence-electron chi connectivity index (χ3n) is 5.33. The number of fused-ring (bicyclic) bond motifs is 2. The van der Waals surface area contributed by atoms with Crippen molar-refractivity contribution in [3.63, 3.8) is 0 Å². The molecule has 0 aliphatic carbocycles. The minimum atomic E-state index is -0.382. The smallest absolute Gasteiger partial charge is 0.166 e. The van der Waals surface area contributed by atoms with E-state index in [0.717, 1.165) is 28.1 Å². The number of nitrogens with zero attached hydrogens (tertiary/aromatic N) is 3. The van der Waals surface area contributed by atoms with Gasteiger partial charge in [-0.15, -0.1) is 0 Å². The molecule has 1 aromatic heterocycles. The number of hydrogen-bond acceptors (Lipinski definition) is 3. The van der Waals surface area contributed by atoms with Gasteiger partial charge in [-0.05, 0) is 41.8 Å². The first-order valence-electron chi connectivity index (χ1n) is 9.87. The largest absolute Gasteiger partial charge is 0.488 e. The highest BCUT2D eigenvalue weighted by Crippen LogP contribution is 2.39. The Morgan fingerprint density at radius 2 is 1.97 bits per heavy atom. The van der Waals surface area contributed by atoms with Crippen LogP contribution in [-0.4, -0.2) is 9.55 Å². The standard InChI is InChI=1S/C24H20Cl2FN3O/c1-13(2)24-29-22(25)23(26)30(24)11-15-4-6-18-16(8-15)12-31-20-9-17(27)5-7-19(20)21(18)14(3)10-28/h4-9,13H,11-12H2,1-3H3. The van der Waals surface area contributed by atoms with Crippen molar-refractivity contribution in [2.75, 3.05) is 0 Å². The molecule has 0 saturated heterocycles. The van der Waals surface area contributed by atoms with Gasteiger partial charge < -0.3 is 9.30 Å². The van der Waals surface area contributed by atoms with Gasteiger partial charge in [-0.1, -0.05) is 49.2 Å². The molecule has 2 aromatic carbocycles. The van der Waals surface area contributed by atoms with Gasteiger partial charge in [0.15, 0.2) is 5.15 Å². The second kappa shape index (κ2) is 8.37. The summed E-state index contributed by atoms with van der Waals surface area (Å²) < 4.78 is 21.6. The summed E-state index contributed by atoms with van der Waals surface area (Å²) in [6, 6.07) is 12.6. The normalized spacial score (nSPS) is 14.4. The molecular weight excluding hydrogens is 436 g/mol. The van der Waals surface area contributed by atoms with Gasteiger partial charge >= 0.3 is 0 Å². The highest BCUT2D eigenvalue weighted by atomic mass is 35.5. The maximum absolute atomic E-state index is 13.8. The third kappa shape index (κ3) is 3.94. The van der Waals surface area contributed by atoms with Crippen molar-refractivity contribution in [2.24, 2.45) is 0 Å². The highest BCUT2D eigenvalue weighted by molar-refractivity contribution is 6.40. The van der Waals surface area contributed by atoms with Gasteiger partial charge in [0, 0.05) is 28.7 Å². The maximum Gasteiger partial charge on any atom is 0.166 e. The van der Waals surface area contributed by atoms with Gasteiger partial charge in [-0.25, -0.2) is 9.37 Å². The molecule has 0 saturated carbocycles. The van der Waals surface area contributed by atoms with Crippen LogP contribution in [0, 0.1) is 17.1 Å². The van der Waals surface area contributed by atoms with Crippen molar-refractivity contribution in [2.45, 2.75) is 39.8 Å². The zero-order valence-electron chi connectivity index (χ0n) is 17.3. The topological polar surface area (TPSA) is 50.8 Å². The van der Waals surface area contributed by atoms with Crippen molar-refractivity contribution in [1.29, 1.82) is 5.26 Å². The lowest BCUT2D eigenvalue weighted by Gasteiger charge is -2.15. The number of rotatable bonds is 3. The van der Waals surface area contributed by atoms with E-state index in [2.05, 4.69) is 11.1 Å². The van der Waals surface area contributed by atoms with Crippen LogP contribution in [-0.2, 0) is 13.2 Å². The van der Waals surface area contributed by atoms with E-state index < -0.39 is 0 Å². The Hall–Kier alpha value is -2.81. The first-order valence-corrected chi connectivity index (χ1v) is 10.6. The van der Waals surface area contributed by atoms with Crippen LogP contribution in [0.25, 0.3) is 5.57 Å². The average Bonchev–Trinajstić information content (AvgIpc) is 2.93. The average molecular weight is 456 g/mol. The molecule has 7 heteroatoms. The summed E-state index contributed by atoms with van der Waals surface area (Å²) in [6.07, 6.45) is 0. The lowest BCUT2D eigenvalue weighted by molar-refractivity contribution is 0.305. The first-order chi connectivity index (χ1) is 14.8. The van der Waals surface area contributed by atoms with E-state index in [-0.39, 0.29) is 23.5 Å². The van der Waals surface area contributed by atoms with Crippen molar-refractivity contribution in [3.8, 4) is 11.8 Å². The minimum Gasteiger partial charge on any atom is -0.488 e. The molecule has 4 rings (SSSR count). The fourth-order valence-electron chi connectivity index (χ4n) is 3.88. The fraction of sp³-hybridized carbons (Fsp3) is 0.250. The molecule has 31 heavy (non-hydrogen) atoms. The zero-order valence-corrected chi connectivity index (χ0v) is 18.9. The van der Waals surface area contributed by atoms with Crippen LogP contribution in [0.1, 0.15) is 54.8 Å². The molecule has 0 bridgehead atoms. The number of hydrogen-bond donors (Lipinski definition) is 0. The molecule has 158 valence electrons. The Labute approximate surface area is 190 Å². The molecular formula is C24H20Cl2FN3O. The van der Waals surface area contributed by atoms with Gasteiger partial charge in [0.05, 0.1) is 12.6 Å². The van der Waals surface area contributed by atoms with E-state index in [1.165, 1.54) is 12.1 Å². The van der Waals surface area contributed by atoms with Crippen LogP contribution in [0.5, 0.6) is 5.75 Å². The van der Waals surface area contributed by atoms with Crippen molar-refractivity contribution in [3.05, 3.63) is 86.2 Å². The number of nitriles is 1. The number of ether oxygens (including phenoxy) is 1. The van der Waals surface area contributed by atoms with Gasteiger partial charge in [0.2, 0.25) is 0 Å². The molecule has 1 aliphatic heterocycles. The van der Waals surface area contributed by atoms with Gasteiger partial charge in [-0.2, -0.15) is 5.26 Å². The second-order valence-corrected chi connectivity index (χ2v) is 8.54. The number of aromatic nitrogens is 2. The molecule has 2 heterocycles. The lowest BCUT2D eigenvalue weighted by atomic mass is 9.90. The Morgan fingerprint density at radius 3 is 2.68 bits per heavy atom. The van der Waals surface area contributed by atoms with E-state index in [9.17, 15) is 9.65 Å². The Balaban J connectivity index is 1.81. The molecule has 0 unspecified atom stereocenters. The van der Waals surface area contributed by atoms with Crippen LogP contribution in [0.15, 0.2) is 42.0 Å². The Morgan fingerprint density at radius 1 is 1.23 bits per heavy atom. The Kier molecular flexibility index (Phi) is 5.79. The fourth-order valence-corrected chi connectivity index (χ4v) is 4.26. The van der Waals surface area contributed by atoms with Crippen molar-refractivity contribution in [1.82, 2.24) is 9.55 Å². The molecule has 3 aromatic rings. The summed E-state index contributed by atoms with van der Waals surface area (Å²) in [4.78, 5) is 4.38. The molecule has 0 amide bonds. The molecule has 0 atom stereocenters. The summed E-state index contributed by atoms with van der Waals surface area (Å²) >= 11 is 12.6. The summed E-state index contributed by atoms with van der Waals surface area (Å²) in [7, 11) is 0. The second-order valence-electron chi connectivity index (χ2n) is 7.82. The number of halogens is 3. The van der Waals surface area contributed by atoms with E-state index in [1.807, 2.05) is 36.6 Å². The number of allylic oxidation sites excluding steroid dienone is 1. The van der Waals surface area contributed by atoms with Gasteiger partial charge in [0.25, 0.3) is 0 Å². The minimum absolute atomic E-state index is 0.159. The monoisotopic (exact) mass is 455 g/mol. The molecule has 0 spiro atoms. The first kappa shape index (κ1) is 21.4. The Bertz CT molecular complexity index is 1250. The van der Waals surface area contributed by atoms with Gasteiger partial charge in [-0.3, -0.25) is 0 Å². The quantitative estimate of drug-likeness (QED) is 0.410. The van der Waals surface area contributed by atoms with Crippen LogP contribution >= 0.6 is 23.2 Å². The molecule has 0 fully saturated rings. The SMILES string of the molecule is CC(C#N)=C1c2ccc(Cn3c(C(C)C)nc(Cl)c3Cl)cc2COc2cc(F)ccc21. The van der Waals surface area contributed by atoms with E-state index in [0.29, 0.717) is 28.6 Å². The summed E-state index contributed by atoms with van der Waals surface area (Å²) in [5.74, 6) is 1.01. The molecule has 1 aliphatic rings. The van der Waals surface area contributed by atoms with Crippen molar-refractivity contribution < 1.29 is 9.13 Å². The maximum atomic E-state index is 13.8. The predicted molar refractivity (Wildman–Crippen MR) is 120 cm³/mol. The van der Waals surface area contributed by atoms with Crippen molar-refractivity contribution >= 4 is 28.8 Å². The number of imidazole rings is 1. The lowest BCUT2D eigenvalue weighted by Crippen LogP contribution is -2.08. The molecule has 4 nitrogen and oxygen atoms in total. The number of benzene rings is 2. The summed E-state index contributed by atoms with van der Waals surface area (Å²) in [5, 5.41) is 10.3. The van der Waals surface area contributed by atoms with Crippen LogP contribution < -0.4 is 4.74 Å². The predicted octanol–water partition coefficient (Wildman–Crippen LogP) is 6.74. The molecule has 0 radical (unpaired) electrons. The van der Waals surface area contributed by atoms with Gasteiger partial charge in [0.1, 0.15) is 29.2 Å². The van der Waals surface area contributed by atoms with Crippen LogP contribution in [0.2, 0.25) is 10.3 Å². The summed E-state index contributed by atoms with van der Waals surface area (Å²) in [6.45, 7) is 6.59.